The smallest absolute Gasteiger partial charge is 0.221 e. The molecule has 0 bridgehead atoms. The van der Waals surface area contributed by atoms with Crippen LogP contribution < -0.4 is 5.32 Å². The van der Waals surface area contributed by atoms with Gasteiger partial charge in [0.15, 0.2) is 0 Å². The summed E-state index contributed by atoms with van der Waals surface area (Å²) in [4.78, 5) is 14.4. The van der Waals surface area contributed by atoms with Crippen LogP contribution in [0, 0.1) is 17.0 Å². The maximum atomic E-state index is 14.3. The predicted octanol–water partition coefficient (Wildman–Crippen LogP) is 2.47. The highest BCUT2D eigenvalue weighted by molar-refractivity contribution is 5.76. The standard InChI is InChI=1S/C19H26F2N2O2/c1-18(2)12-19(18,15-4-3-14(20)11-16(15)21)13-22-17(24)5-6-23-7-9-25-10-8-23/h3-4,11H,5-10,12-13H2,1-2H3,(H,22,24). The molecule has 2 aliphatic rings. The Morgan fingerprint density at radius 3 is 2.56 bits per heavy atom. The quantitative estimate of drug-likeness (QED) is 0.855. The molecule has 1 saturated carbocycles. The topological polar surface area (TPSA) is 41.6 Å². The van der Waals surface area contributed by atoms with Crippen molar-refractivity contribution in [2.75, 3.05) is 39.4 Å². The number of ether oxygens (including phenoxy) is 1. The fraction of sp³-hybridized carbons (Fsp3) is 0.632. The summed E-state index contributed by atoms with van der Waals surface area (Å²) in [6.45, 7) is 8.31. The monoisotopic (exact) mass is 352 g/mol. The number of amides is 1. The summed E-state index contributed by atoms with van der Waals surface area (Å²) < 4.78 is 32.8. The van der Waals surface area contributed by atoms with E-state index in [1.807, 2.05) is 0 Å². The van der Waals surface area contributed by atoms with Crippen LogP contribution in [0.2, 0.25) is 0 Å². The molecule has 1 atom stereocenters. The molecule has 1 amide bonds. The van der Waals surface area contributed by atoms with E-state index in [4.69, 9.17) is 4.74 Å². The molecule has 1 aromatic carbocycles. The van der Waals surface area contributed by atoms with Crippen LogP contribution in [-0.2, 0) is 14.9 Å². The maximum Gasteiger partial charge on any atom is 0.221 e. The number of carbonyl (C=O) groups excluding carboxylic acids is 1. The number of hydrogen-bond donors (Lipinski definition) is 1. The average Bonchev–Trinajstić information content (AvgIpc) is 3.14. The van der Waals surface area contributed by atoms with Crippen molar-refractivity contribution in [3.05, 3.63) is 35.4 Å². The van der Waals surface area contributed by atoms with Gasteiger partial charge in [-0.15, -0.1) is 0 Å². The highest BCUT2D eigenvalue weighted by Crippen LogP contribution is 2.64. The molecule has 0 radical (unpaired) electrons. The Balaban J connectivity index is 1.58. The van der Waals surface area contributed by atoms with Crippen molar-refractivity contribution in [2.24, 2.45) is 5.41 Å². The predicted molar refractivity (Wildman–Crippen MR) is 91.3 cm³/mol. The van der Waals surface area contributed by atoms with Crippen LogP contribution >= 0.6 is 0 Å². The third-order valence-electron chi connectivity index (χ3n) is 5.71. The Hall–Kier alpha value is -1.53. The molecule has 0 spiro atoms. The van der Waals surface area contributed by atoms with Gasteiger partial charge in [-0.25, -0.2) is 8.78 Å². The molecule has 6 heteroatoms. The molecule has 4 nitrogen and oxygen atoms in total. The van der Waals surface area contributed by atoms with Crippen LogP contribution in [-0.4, -0.2) is 50.2 Å². The summed E-state index contributed by atoms with van der Waals surface area (Å²) in [7, 11) is 0. The van der Waals surface area contributed by atoms with Crippen LogP contribution in [0.15, 0.2) is 18.2 Å². The molecule has 2 fully saturated rings. The van der Waals surface area contributed by atoms with Crippen LogP contribution in [0.25, 0.3) is 0 Å². The van der Waals surface area contributed by atoms with Gasteiger partial charge in [-0.1, -0.05) is 19.9 Å². The SMILES string of the molecule is CC1(C)CC1(CNC(=O)CCN1CCOCC1)c1ccc(F)cc1F. The summed E-state index contributed by atoms with van der Waals surface area (Å²) in [6.07, 6.45) is 1.19. The second-order valence-corrected chi connectivity index (χ2v) is 7.75. The largest absolute Gasteiger partial charge is 0.379 e. The molecule has 3 rings (SSSR count). The van der Waals surface area contributed by atoms with E-state index >= 15 is 0 Å². The first-order chi connectivity index (χ1) is 11.8. The second-order valence-electron chi connectivity index (χ2n) is 7.75. The number of nitrogens with one attached hydrogen (secondary N) is 1. The molecule has 1 aliphatic carbocycles. The van der Waals surface area contributed by atoms with Crippen molar-refractivity contribution < 1.29 is 18.3 Å². The van der Waals surface area contributed by atoms with E-state index in [0.717, 1.165) is 25.6 Å². The summed E-state index contributed by atoms with van der Waals surface area (Å²) >= 11 is 0. The van der Waals surface area contributed by atoms with E-state index < -0.39 is 17.0 Å². The lowest BCUT2D eigenvalue weighted by molar-refractivity contribution is -0.121. The van der Waals surface area contributed by atoms with Crippen molar-refractivity contribution >= 4 is 5.91 Å². The second kappa shape index (κ2) is 7.00. The van der Waals surface area contributed by atoms with Gasteiger partial charge in [0.1, 0.15) is 11.6 Å². The minimum absolute atomic E-state index is 0.0314. The van der Waals surface area contributed by atoms with Gasteiger partial charge in [-0.2, -0.15) is 0 Å². The van der Waals surface area contributed by atoms with Crippen molar-refractivity contribution in [2.45, 2.75) is 32.1 Å². The summed E-state index contributed by atoms with van der Waals surface area (Å²) in [5.74, 6) is -1.14. The Bertz CT molecular complexity index is 644. The number of morpholine rings is 1. The van der Waals surface area contributed by atoms with Gasteiger partial charge in [0.05, 0.1) is 13.2 Å². The van der Waals surface area contributed by atoms with E-state index in [1.165, 1.54) is 12.1 Å². The zero-order valence-corrected chi connectivity index (χ0v) is 14.9. The Kier molecular flexibility index (Phi) is 5.11. The fourth-order valence-electron chi connectivity index (χ4n) is 3.87. The number of rotatable bonds is 6. The van der Waals surface area contributed by atoms with Crippen molar-refractivity contribution in [3.63, 3.8) is 0 Å². The lowest BCUT2D eigenvalue weighted by atomic mass is 9.87. The van der Waals surface area contributed by atoms with E-state index in [9.17, 15) is 13.6 Å². The van der Waals surface area contributed by atoms with Crippen LogP contribution in [0.1, 0.15) is 32.3 Å². The van der Waals surface area contributed by atoms with Crippen LogP contribution in [0.5, 0.6) is 0 Å². The number of nitrogens with zero attached hydrogens (tertiary/aromatic N) is 1. The first kappa shape index (κ1) is 18.3. The number of hydrogen-bond acceptors (Lipinski definition) is 3. The molecule has 1 heterocycles. The number of carbonyl (C=O) groups is 1. The molecule has 1 N–H and O–H groups in total. The van der Waals surface area contributed by atoms with Gasteiger partial charge in [0, 0.05) is 44.1 Å². The summed E-state index contributed by atoms with van der Waals surface area (Å²) in [5, 5.41) is 2.96. The number of halogens is 2. The van der Waals surface area contributed by atoms with Crippen molar-refractivity contribution in [1.82, 2.24) is 10.2 Å². The van der Waals surface area contributed by atoms with Gasteiger partial charge >= 0.3 is 0 Å². The van der Waals surface area contributed by atoms with Gasteiger partial charge in [0.25, 0.3) is 0 Å². The third-order valence-corrected chi connectivity index (χ3v) is 5.71. The first-order valence-corrected chi connectivity index (χ1v) is 8.86. The van der Waals surface area contributed by atoms with Gasteiger partial charge in [0.2, 0.25) is 5.91 Å². The Morgan fingerprint density at radius 2 is 1.96 bits per heavy atom. The molecule has 0 aromatic heterocycles. The van der Waals surface area contributed by atoms with E-state index in [2.05, 4.69) is 24.1 Å². The highest BCUT2D eigenvalue weighted by atomic mass is 19.1. The molecule has 25 heavy (non-hydrogen) atoms. The minimum atomic E-state index is -0.579. The molecule has 138 valence electrons. The summed E-state index contributed by atoms with van der Waals surface area (Å²) in [6, 6.07) is 3.72. The normalized spacial score (nSPS) is 25.6. The fourth-order valence-corrected chi connectivity index (χ4v) is 3.87. The van der Waals surface area contributed by atoms with Crippen molar-refractivity contribution in [3.8, 4) is 0 Å². The van der Waals surface area contributed by atoms with Crippen LogP contribution in [0.3, 0.4) is 0 Å². The third kappa shape index (κ3) is 3.85. The molecular formula is C19H26F2N2O2. The molecule has 1 aliphatic heterocycles. The van der Waals surface area contributed by atoms with Gasteiger partial charge in [-0.3, -0.25) is 9.69 Å². The molecule has 1 saturated heterocycles. The number of benzene rings is 1. The zero-order valence-electron chi connectivity index (χ0n) is 14.9. The lowest BCUT2D eigenvalue weighted by Gasteiger charge is -2.26. The minimum Gasteiger partial charge on any atom is -0.379 e. The van der Waals surface area contributed by atoms with E-state index in [-0.39, 0.29) is 11.3 Å². The van der Waals surface area contributed by atoms with E-state index in [0.29, 0.717) is 38.3 Å². The van der Waals surface area contributed by atoms with Crippen molar-refractivity contribution in [1.29, 1.82) is 0 Å². The zero-order chi connectivity index (χ0) is 18.1. The molecule has 1 aromatic rings. The van der Waals surface area contributed by atoms with Gasteiger partial charge in [-0.05, 0) is 23.5 Å². The first-order valence-electron chi connectivity index (χ1n) is 8.86. The van der Waals surface area contributed by atoms with Gasteiger partial charge < -0.3 is 10.1 Å². The Labute approximate surface area is 147 Å². The molecule has 1 unspecified atom stereocenters. The highest BCUT2D eigenvalue weighted by Gasteiger charge is 2.62. The lowest BCUT2D eigenvalue weighted by Crippen LogP contribution is -2.40. The Morgan fingerprint density at radius 1 is 1.28 bits per heavy atom. The van der Waals surface area contributed by atoms with Crippen LogP contribution in [0.4, 0.5) is 8.78 Å². The maximum absolute atomic E-state index is 14.3. The van der Waals surface area contributed by atoms with E-state index in [1.54, 1.807) is 0 Å². The summed E-state index contributed by atoms with van der Waals surface area (Å²) in [5.41, 5.74) is -0.0878. The molecular weight excluding hydrogens is 326 g/mol. The average molecular weight is 352 g/mol.